The van der Waals surface area contributed by atoms with Crippen molar-refractivity contribution in [3.05, 3.63) is 12.2 Å². The van der Waals surface area contributed by atoms with Gasteiger partial charge in [-0.05, 0) is 25.7 Å². The minimum absolute atomic E-state index is 0.0839. The van der Waals surface area contributed by atoms with E-state index in [1.165, 1.54) is 89.9 Å². The molecule has 0 aromatic heterocycles. The molecular formula is C43H78O8. The van der Waals surface area contributed by atoms with Crippen LogP contribution in [0.5, 0.6) is 0 Å². The van der Waals surface area contributed by atoms with Gasteiger partial charge in [-0.2, -0.15) is 0 Å². The lowest BCUT2D eigenvalue weighted by Crippen LogP contribution is -2.28. The molecule has 0 unspecified atom stereocenters. The second kappa shape index (κ2) is 32.8. The van der Waals surface area contributed by atoms with E-state index < -0.39 is 18.3 Å². The highest BCUT2D eigenvalue weighted by molar-refractivity contribution is 5.84. The van der Waals surface area contributed by atoms with Gasteiger partial charge in [0, 0.05) is 31.1 Å². The van der Waals surface area contributed by atoms with Gasteiger partial charge < -0.3 is 24.8 Å². The summed E-state index contributed by atoms with van der Waals surface area (Å²) in [6.45, 7) is 3.86. The zero-order chi connectivity index (χ0) is 37.4. The molecule has 0 heterocycles. The van der Waals surface area contributed by atoms with Crippen LogP contribution in [-0.2, 0) is 23.9 Å². The van der Waals surface area contributed by atoms with Gasteiger partial charge >= 0.3 is 11.9 Å². The molecule has 1 fully saturated rings. The van der Waals surface area contributed by atoms with Crippen LogP contribution in [0.1, 0.15) is 200 Å². The van der Waals surface area contributed by atoms with E-state index in [9.17, 15) is 29.7 Å². The van der Waals surface area contributed by atoms with E-state index in [0.29, 0.717) is 25.7 Å². The lowest BCUT2D eigenvalue weighted by atomic mass is 9.88. The van der Waals surface area contributed by atoms with Crippen LogP contribution >= 0.6 is 0 Å². The molecule has 0 aromatic rings. The van der Waals surface area contributed by atoms with E-state index in [4.69, 9.17) is 9.47 Å². The first kappa shape index (κ1) is 47.3. The average Bonchev–Trinajstić information content (AvgIpc) is 3.39. The van der Waals surface area contributed by atoms with E-state index >= 15 is 0 Å². The molecule has 1 aliphatic rings. The number of hydrogen-bond donors (Lipinski definition) is 3. The summed E-state index contributed by atoms with van der Waals surface area (Å²) in [7, 11) is 0. The first-order chi connectivity index (χ1) is 24.8. The van der Waals surface area contributed by atoms with Crippen LogP contribution in [0.15, 0.2) is 12.2 Å². The van der Waals surface area contributed by atoms with E-state index in [1.54, 1.807) is 6.08 Å². The number of ketones is 1. The SMILES string of the molecule is CCCCCCCCCCCCCCCCCCCC(=O)O[C@@H](CO)COC(=O)CCCCCC[C@H]1C(=O)C[C@@H](O)[C@@H]1/C=C/[C@@H](O)CCCCC. The predicted molar refractivity (Wildman–Crippen MR) is 206 cm³/mol. The number of esters is 2. The van der Waals surface area contributed by atoms with Gasteiger partial charge in [-0.15, -0.1) is 0 Å². The van der Waals surface area contributed by atoms with E-state index in [-0.39, 0.29) is 55.6 Å². The highest BCUT2D eigenvalue weighted by atomic mass is 16.6. The number of unbranched alkanes of at least 4 members (excludes halogenated alkanes) is 21. The molecule has 0 saturated heterocycles. The molecule has 8 nitrogen and oxygen atoms in total. The lowest BCUT2D eigenvalue weighted by Gasteiger charge is -2.18. The summed E-state index contributed by atoms with van der Waals surface area (Å²) in [5.74, 6) is -1.13. The highest BCUT2D eigenvalue weighted by Crippen LogP contribution is 2.34. The van der Waals surface area contributed by atoms with Crippen molar-refractivity contribution in [2.24, 2.45) is 11.8 Å². The number of carbonyl (C=O) groups is 3. The molecule has 0 amide bonds. The molecule has 1 aliphatic carbocycles. The molecule has 8 heteroatoms. The van der Waals surface area contributed by atoms with Crippen molar-refractivity contribution >= 4 is 17.7 Å². The Kier molecular flexibility index (Phi) is 30.4. The molecule has 3 N–H and O–H groups in total. The van der Waals surface area contributed by atoms with Crippen LogP contribution < -0.4 is 0 Å². The van der Waals surface area contributed by atoms with Crippen molar-refractivity contribution in [3.8, 4) is 0 Å². The Morgan fingerprint density at radius 2 is 1.18 bits per heavy atom. The molecule has 0 aliphatic heterocycles. The average molecular weight is 723 g/mol. The fourth-order valence-corrected chi connectivity index (χ4v) is 7.16. The van der Waals surface area contributed by atoms with Crippen molar-refractivity contribution in [1.82, 2.24) is 0 Å². The lowest BCUT2D eigenvalue weighted by molar-refractivity contribution is -0.161. The molecule has 51 heavy (non-hydrogen) atoms. The maximum atomic E-state index is 12.5. The standard InChI is InChI=1S/C43H78O8/c1-3-5-7-8-9-10-11-12-13-14-15-16-17-18-19-20-26-30-43(49)51-37(34-44)35-50-42(48)29-25-22-21-24-28-38-39(41(47)33-40(38)46)32-31-36(45)27-23-6-4-2/h31-32,36-39,41,44-45,47H,3-30,33-35H2,1-2H3/b32-31+/t36-,37-,38+,39+,41+/m0/s1. The van der Waals surface area contributed by atoms with Crippen molar-refractivity contribution in [1.29, 1.82) is 0 Å². The largest absolute Gasteiger partial charge is 0.462 e. The number of aliphatic hydroxyl groups excluding tert-OH is 3. The third-order valence-corrected chi connectivity index (χ3v) is 10.5. The molecule has 0 aromatic carbocycles. The normalized spacial score (nSPS) is 18.8. The Labute approximate surface area is 311 Å². The Morgan fingerprint density at radius 3 is 1.71 bits per heavy atom. The van der Waals surface area contributed by atoms with Crippen molar-refractivity contribution in [3.63, 3.8) is 0 Å². The second-order valence-corrected chi connectivity index (χ2v) is 15.2. The summed E-state index contributed by atoms with van der Waals surface area (Å²) in [6.07, 6.45) is 31.7. The van der Waals surface area contributed by atoms with E-state index in [1.807, 2.05) is 6.08 Å². The van der Waals surface area contributed by atoms with Crippen molar-refractivity contribution in [2.75, 3.05) is 13.2 Å². The number of carbonyl (C=O) groups excluding carboxylic acids is 3. The summed E-state index contributed by atoms with van der Waals surface area (Å²) in [5, 5.41) is 30.2. The maximum absolute atomic E-state index is 12.5. The molecule has 0 spiro atoms. The smallest absolute Gasteiger partial charge is 0.306 e. The third kappa shape index (κ3) is 25.8. The van der Waals surface area contributed by atoms with Gasteiger partial charge in [0.25, 0.3) is 0 Å². The maximum Gasteiger partial charge on any atom is 0.306 e. The first-order valence-corrected chi connectivity index (χ1v) is 21.3. The number of rotatable bonds is 35. The molecule has 0 radical (unpaired) electrons. The van der Waals surface area contributed by atoms with Gasteiger partial charge in [-0.1, -0.05) is 167 Å². The molecule has 298 valence electrons. The first-order valence-electron chi connectivity index (χ1n) is 21.3. The van der Waals surface area contributed by atoms with Gasteiger partial charge in [0.1, 0.15) is 12.4 Å². The van der Waals surface area contributed by atoms with Gasteiger partial charge in [-0.25, -0.2) is 0 Å². The minimum Gasteiger partial charge on any atom is -0.462 e. The van der Waals surface area contributed by atoms with Gasteiger partial charge in [0.2, 0.25) is 0 Å². The fourth-order valence-electron chi connectivity index (χ4n) is 7.16. The summed E-state index contributed by atoms with van der Waals surface area (Å²) in [6, 6.07) is 0. The number of aliphatic hydroxyl groups is 3. The second-order valence-electron chi connectivity index (χ2n) is 15.2. The Bertz CT molecular complexity index is 889. The number of hydrogen-bond acceptors (Lipinski definition) is 8. The summed E-state index contributed by atoms with van der Waals surface area (Å²) >= 11 is 0. The molecule has 1 rings (SSSR count). The van der Waals surface area contributed by atoms with E-state index in [0.717, 1.165) is 57.8 Å². The zero-order valence-corrected chi connectivity index (χ0v) is 32.8. The van der Waals surface area contributed by atoms with Gasteiger partial charge in [0.05, 0.1) is 18.8 Å². The number of ether oxygens (including phenoxy) is 2. The topological polar surface area (TPSA) is 130 Å². The minimum atomic E-state index is -0.842. The monoisotopic (exact) mass is 723 g/mol. The fraction of sp³-hybridized carbons (Fsp3) is 0.884. The van der Waals surface area contributed by atoms with Crippen molar-refractivity contribution in [2.45, 2.75) is 218 Å². The van der Waals surface area contributed by atoms with Crippen LogP contribution in [-0.4, -0.2) is 64.6 Å². The predicted octanol–water partition coefficient (Wildman–Crippen LogP) is 9.88. The van der Waals surface area contributed by atoms with Crippen LogP contribution in [0.3, 0.4) is 0 Å². The Morgan fingerprint density at radius 1 is 0.706 bits per heavy atom. The number of Topliss-reactive ketones (excluding diaryl/α,β-unsaturated/α-hetero) is 1. The molecular weight excluding hydrogens is 644 g/mol. The summed E-state index contributed by atoms with van der Waals surface area (Å²) < 4.78 is 10.6. The van der Waals surface area contributed by atoms with Crippen LogP contribution in [0, 0.1) is 11.8 Å². The van der Waals surface area contributed by atoms with E-state index in [2.05, 4.69) is 13.8 Å². The third-order valence-electron chi connectivity index (χ3n) is 10.5. The van der Waals surface area contributed by atoms with Crippen LogP contribution in [0.2, 0.25) is 0 Å². The van der Waals surface area contributed by atoms with Crippen molar-refractivity contribution < 1.29 is 39.2 Å². The Hall–Kier alpha value is -1.77. The zero-order valence-electron chi connectivity index (χ0n) is 32.8. The highest BCUT2D eigenvalue weighted by Gasteiger charge is 2.39. The van der Waals surface area contributed by atoms with Crippen LogP contribution in [0.25, 0.3) is 0 Å². The summed E-state index contributed by atoms with van der Waals surface area (Å²) in [4.78, 5) is 36.9. The summed E-state index contributed by atoms with van der Waals surface area (Å²) in [5.41, 5.74) is 0. The van der Waals surface area contributed by atoms with Gasteiger partial charge in [0.15, 0.2) is 6.10 Å². The van der Waals surface area contributed by atoms with Gasteiger partial charge in [-0.3, -0.25) is 14.4 Å². The quantitative estimate of drug-likeness (QED) is 0.0335. The molecule has 1 saturated carbocycles. The van der Waals surface area contributed by atoms with Crippen LogP contribution in [0.4, 0.5) is 0 Å². The molecule has 0 bridgehead atoms. The Balaban J connectivity index is 2.04. The molecule has 5 atom stereocenters.